The Morgan fingerprint density at radius 3 is 2.45 bits per heavy atom. The minimum atomic E-state index is -0.230. The zero-order valence-electron chi connectivity index (χ0n) is 19.0. The van der Waals surface area contributed by atoms with Gasteiger partial charge in [0, 0.05) is 6.42 Å². The van der Waals surface area contributed by atoms with Crippen LogP contribution in [0.2, 0.25) is 0 Å². The van der Waals surface area contributed by atoms with Crippen molar-refractivity contribution in [2.45, 2.75) is 32.4 Å². The van der Waals surface area contributed by atoms with Crippen LogP contribution in [0.4, 0.5) is 0 Å². The molecule has 1 unspecified atom stereocenters. The molecule has 0 aliphatic heterocycles. The molecule has 1 heterocycles. The third-order valence-electron chi connectivity index (χ3n) is 5.57. The summed E-state index contributed by atoms with van der Waals surface area (Å²) in [6, 6.07) is 25.4. The number of aryl methyl sites for hydroxylation is 1. The highest BCUT2D eigenvalue weighted by molar-refractivity contribution is 5.78. The highest BCUT2D eigenvalue weighted by atomic mass is 16.5. The minimum absolute atomic E-state index is 0.00947. The number of carbonyl (C=O) groups excluding carboxylic acids is 1. The van der Waals surface area contributed by atoms with Crippen molar-refractivity contribution in [2.75, 3.05) is 13.7 Å². The number of nitrogens with one attached hydrogen (secondary N) is 1. The van der Waals surface area contributed by atoms with E-state index in [0.717, 1.165) is 22.4 Å². The maximum absolute atomic E-state index is 12.6. The van der Waals surface area contributed by atoms with E-state index >= 15 is 0 Å². The summed E-state index contributed by atoms with van der Waals surface area (Å²) < 4.78 is 13.5. The smallest absolute Gasteiger partial charge is 0.220 e. The van der Waals surface area contributed by atoms with Crippen LogP contribution in [0.1, 0.15) is 30.8 Å². The largest absolute Gasteiger partial charge is 0.493 e. The number of benzene rings is 3. The topological polar surface area (TPSA) is 65.4 Å². The van der Waals surface area contributed by atoms with Gasteiger partial charge >= 0.3 is 0 Å². The molecule has 33 heavy (non-hydrogen) atoms. The molecule has 170 valence electrons. The fourth-order valence-corrected chi connectivity index (χ4v) is 3.93. The van der Waals surface area contributed by atoms with Crippen molar-refractivity contribution in [1.82, 2.24) is 14.9 Å². The van der Waals surface area contributed by atoms with Crippen LogP contribution in [-0.2, 0) is 17.8 Å². The van der Waals surface area contributed by atoms with Crippen molar-refractivity contribution in [3.63, 3.8) is 0 Å². The molecule has 1 amide bonds. The molecular formula is C27H29N3O3. The summed E-state index contributed by atoms with van der Waals surface area (Å²) in [5.41, 5.74) is 3.07. The number of fused-ring (bicyclic) bond motifs is 1. The molecule has 1 atom stereocenters. The molecule has 3 aromatic carbocycles. The van der Waals surface area contributed by atoms with Gasteiger partial charge in [-0.15, -0.1) is 0 Å². The third kappa shape index (κ3) is 5.52. The van der Waals surface area contributed by atoms with E-state index in [0.29, 0.717) is 37.5 Å². The van der Waals surface area contributed by atoms with Gasteiger partial charge < -0.3 is 19.4 Å². The monoisotopic (exact) mass is 443 g/mol. The molecule has 0 radical (unpaired) electrons. The fraction of sp³-hybridized carbons (Fsp3) is 0.259. The van der Waals surface area contributed by atoms with Crippen molar-refractivity contribution >= 4 is 16.9 Å². The first-order chi connectivity index (χ1) is 16.2. The Morgan fingerprint density at radius 1 is 0.970 bits per heavy atom. The van der Waals surface area contributed by atoms with Crippen molar-refractivity contribution in [3.05, 3.63) is 90.3 Å². The molecule has 4 rings (SSSR count). The number of methoxy groups -OCH3 is 1. The van der Waals surface area contributed by atoms with Gasteiger partial charge in [0.25, 0.3) is 0 Å². The highest BCUT2D eigenvalue weighted by Gasteiger charge is 2.18. The molecule has 0 saturated heterocycles. The lowest BCUT2D eigenvalue weighted by atomic mass is 10.1. The van der Waals surface area contributed by atoms with Gasteiger partial charge in [0.15, 0.2) is 11.5 Å². The molecule has 1 aromatic heterocycles. The first kappa shape index (κ1) is 22.4. The summed E-state index contributed by atoms with van der Waals surface area (Å²) in [4.78, 5) is 17.4. The SMILES string of the molecule is COc1ccccc1OCCn1c(C(C)NC(=O)CCc2ccccc2)nc2ccccc21. The van der Waals surface area contributed by atoms with Crippen LogP contribution in [0.15, 0.2) is 78.9 Å². The number of rotatable bonds is 10. The Bertz CT molecular complexity index is 1200. The summed E-state index contributed by atoms with van der Waals surface area (Å²) in [6.07, 6.45) is 1.15. The lowest BCUT2D eigenvalue weighted by Crippen LogP contribution is -2.29. The second-order valence-corrected chi connectivity index (χ2v) is 7.88. The number of para-hydroxylation sites is 4. The number of nitrogens with zero attached hydrogens (tertiary/aromatic N) is 2. The molecule has 6 nitrogen and oxygen atoms in total. The van der Waals surface area contributed by atoms with Crippen LogP contribution in [0.5, 0.6) is 11.5 Å². The number of carbonyl (C=O) groups is 1. The lowest BCUT2D eigenvalue weighted by molar-refractivity contribution is -0.121. The summed E-state index contributed by atoms with van der Waals surface area (Å²) in [7, 11) is 1.63. The van der Waals surface area contributed by atoms with E-state index in [2.05, 4.69) is 9.88 Å². The molecule has 0 aliphatic carbocycles. The molecular weight excluding hydrogens is 414 g/mol. The number of imidazole rings is 1. The number of ether oxygens (including phenoxy) is 2. The Morgan fingerprint density at radius 2 is 1.67 bits per heavy atom. The predicted octanol–water partition coefficient (Wildman–Crippen LogP) is 4.93. The maximum atomic E-state index is 12.6. The van der Waals surface area contributed by atoms with Gasteiger partial charge in [-0.05, 0) is 43.2 Å². The van der Waals surface area contributed by atoms with Crippen molar-refractivity contribution in [2.24, 2.45) is 0 Å². The second kappa shape index (κ2) is 10.7. The Hall–Kier alpha value is -3.80. The second-order valence-electron chi connectivity index (χ2n) is 7.88. The van der Waals surface area contributed by atoms with E-state index in [4.69, 9.17) is 14.5 Å². The standard InChI is InChI=1S/C27H29N3O3/c1-20(28-26(31)17-16-21-10-4-3-5-11-21)27-29-22-12-6-7-13-23(22)30(27)18-19-33-25-15-9-8-14-24(25)32-2/h3-15,20H,16-19H2,1-2H3,(H,28,31). The highest BCUT2D eigenvalue weighted by Crippen LogP contribution is 2.26. The van der Waals surface area contributed by atoms with E-state index in [1.54, 1.807) is 7.11 Å². The lowest BCUT2D eigenvalue weighted by Gasteiger charge is -2.17. The quantitative estimate of drug-likeness (QED) is 0.377. The van der Waals surface area contributed by atoms with Gasteiger partial charge in [0.2, 0.25) is 5.91 Å². The Kier molecular flexibility index (Phi) is 7.25. The van der Waals surface area contributed by atoms with Gasteiger partial charge in [-0.3, -0.25) is 4.79 Å². The number of hydrogen-bond donors (Lipinski definition) is 1. The molecule has 0 fully saturated rings. The van der Waals surface area contributed by atoms with E-state index in [1.807, 2.05) is 85.8 Å². The van der Waals surface area contributed by atoms with Crippen LogP contribution in [0, 0.1) is 0 Å². The summed E-state index contributed by atoms with van der Waals surface area (Å²) >= 11 is 0. The van der Waals surface area contributed by atoms with Crippen molar-refractivity contribution in [1.29, 1.82) is 0 Å². The van der Waals surface area contributed by atoms with E-state index in [-0.39, 0.29) is 11.9 Å². The third-order valence-corrected chi connectivity index (χ3v) is 5.57. The Labute approximate surface area is 194 Å². The Balaban J connectivity index is 1.45. The van der Waals surface area contributed by atoms with Gasteiger partial charge in [-0.2, -0.15) is 0 Å². The maximum Gasteiger partial charge on any atom is 0.220 e. The first-order valence-corrected chi connectivity index (χ1v) is 11.2. The average Bonchev–Trinajstić information content (AvgIpc) is 3.22. The van der Waals surface area contributed by atoms with Crippen molar-refractivity contribution < 1.29 is 14.3 Å². The molecule has 1 N–H and O–H groups in total. The first-order valence-electron chi connectivity index (χ1n) is 11.2. The summed E-state index contributed by atoms with van der Waals surface area (Å²) in [5, 5.41) is 3.11. The predicted molar refractivity (Wildman–Crippen MR) is 130 cm³/mol. The summed E-state index contributed by atoms with van der Waals surface area (Å²) in [6.45, 7) is 3.01. The number of aromatic nitrogens is 2. The molecule has 0 saturated carbocycles. The van der Waals surface area contributed by atoms with Crippen LogP contribution < -0.4 is 14.8 Å². The minimum Gasteiger partial charge on any atom is -0.493 e. The molecule has 0 bridgehead atoms. The molecule has 0 spiro atoms. The van der Waals surface area contributed by atoms with Gasteiger partial charge in [0.1, 0.15) is 12.4 Å². The van der Waals surface area contributed by atoms with Crippen LogP contribution in [-0.4, -0.2) is 29.2 Å². The summed E-state index contributed by atoms with van der Waals surface area (Å²) in [5.74, 6) is 2.23. The van der Waals surface area contributed by atoms with Crippen LogP contribution in [0.3, 0.4) is 0 Å². The van der Waals surface area contributed by atoms with Crippen LogP contribution in [0.25, 0.3) is 11.0 Å². The zero-order chi connectivity index (χ0) is 23.0. The average molecular weight is 444 g/mol. The molecule has 4 aromatic rings. The normalized spacial score (nSPS) is 11.8. The molecule has 6 heteroatoms. The van der Waals surface area contributed by atoms with Gasteiger partial charge in [0.05, 0.1) is 30.7 Å². The van der Waals surface area contributed by atoms with E-state index in [1.165, 1.54) is 0 Å². The fourth-order valence-electron chi connectivity index (χ4n) is 3.93. The van der Waals surface area contributed by atoms with Crippen molar-refractivity contribution in [3.8, 4) is 11.5 Å². The number of hydrogen-bond acceptors (Lipinski definition) is 4. The number of amides is 1. The van der Waals surface area contributed by atoms with Crippen LogP contribution >= 0.6 is 0 Å². The molecule has 0 aliphatic rings. The van der Waals surface area contributed by atoms with E-state index < -0.39 is 0 Å². The van der Waals surface area contributed by atoms with Gasteiger partial charge in [-0.25, -0.2) is 4.98 Å². The van der Waals surface area contributed by atoms with Gasteiger partial charge in [-0.1, -0.05) is 54.6 Å². The van der Waals surface area contributed by atoms with E-state index in [9.17, 15) is 4.79 Å². The zero-order valence-corrected chi connectivity index (χ0v) is 19.0.